The molecule has 0 unspecified atom stereocenters. The van der Waals surface area contributed by atoms with Crippen LogP contribution in [0, 0.1) is 0 Å². The summed E-state index contributed by atoms with van der Waals surface area (Å²) in [5.41, 5.74) is 3.73. The highest BCUT2D eigenvalue weighted by Gasteiger charge is 2.31. The van der Waals surface area contributed by atoms with Crippen molar-refractivity contribution in [1.82, 2.24) is 24.2 Å². The maximum atomic E-state index is 13.0. The van der Waals surface area contributed by atoms with E-state index in [0.717, 1.165) is 54.3 Å². The first-order valence-electron chi connectivity index (χ1n) is 12.2. The maximum Gasteiger partial charge on any atom is 0.322 e. The molecule has 33 heavy (non-hydrogen) atoms. The van der Waals surface area contributed by atoms with Gasteiger partial charge in [-0.15, -0.1) is 0 Å². The number of benzene rings is 1. The Morgan fingerprint density at radius 3 is 2.61 bits per heavy atom. The summed E-state index contributed by atoms with van der Waals surface area (Å²) >= 11 is 0. The largest absolute Gasteiger partial charge is 0.364 e. The van der Waals surface area contributed by atoms with Crippen LogP contribution in [-0.4, -0.2) is 68.5 Å². The Labute approximate surface area is 194 Å². The molecule has 4 heterocycles. The monoisotopic (exact) mass is 445 g/mol. The number of fused-ring (bicyclic) bond motifs is 1. The number of aromatic nitrogens is 3. The molecule has 2 aromatic heterocycles. The summed E-state index contributed by atoms with van der Waals surface area (Å²) in [7, 11) is 0. The lowest BCUT2D eigenvalue weighted by Gasteiger charge is -2.28. The van der Waals surface area contributed by atoms with Gasteiger partial charge >= 0.3 is 6.03 Å². The predicted molar refractivity (Wildman–Crippen MR) is 129 cm³/mol. The molecule has 2 saturated heterocycles. The molecule has 2 aliphatic heterocycles. The van der Waals surface area contributed by atoms with Crippen LogP contribution in [0.15, 0.2) is 42.9 Å². The van der Waals surface area contributed by atoms with Crippen LogP contribution in [0.1, 0.15) is 38.5 Å². The third-order valence-electron chi connectivity index (χ3n) is 7.08. The second-order valence-electron chi connectivity index (χ2n) is 9.54. The van der Waals surface area contributed by atoms with Gasteiger partial charge in [0.15, 0.2) is 11.5 Å². The Bertz CT molecular complexity index is 1130. The lowest BCUT2D eigenvalue weighted by Crippen LogP contribution is -2.44. The van der Waals surface area contributed by atoms with Crippen LogP contribution >= 0.6 is 0 Å². The smallest absolute Gasteiger partial charge is 0.322 e. The van der Waals surface area contributed by atoms with Gasteiger partial charge in [0.2, 0.25) is 0 Å². The topological polar surface area (TPSA) is 77.8 Å². The summed E-state index contributed by atoms with van der Waals surface area (Å²) in [5, 5.41) is 6.57. The Hall–Kier alpha value is -3.13. The fourth-order valence-corrected chi connectivity index (χ4v) is 5.13. The molecule has 3 aromatic rings. The lowest BCUT2D eigenvalue weighted by molar-refractivity contribution is 0.186. The number of hydrogen-bond donors (Lipinski definition) is 2. The van der Waals surface area contributed by atoms with Crippen molar-refractivity contribution in [3.05, 3.63) is 42.9 Å². The molecule has 1 atom stereocenters. The summed E-state index contributed by atoms with van der Waals surface area (Å²) in [4.78, 5) is 26.6. The molecule has 8 nitrogen and oxygen atoms in total. The summed E-state index contributed by atoms with van der Waals surface area (Å²) in [6.45, 7) is 4.19. The molecule has 1 saturated carbocycles. The van der Waals surface area contributed by atoms with Crippen molar-refractivity contribution in [2.45, 2.75) is 50.6 Å². The molecule has 6 rings (SSSR count). The minimum atomic E-state index is 0.0149. The zero-order chi connectivity index (χ0) is 22.2. The standard InChI is InChI=1S/C25H31N7O/c33-25(31-14-3-4-21(31)17-30-12-1-2-13-30)29-20-7-5-18(6-8-20)22-16-27-24-23(28-19-9-10-19)26-11-15-32(22)24/h5-8,11,15-16,19,21H,1-4,9-10,12-14,17H2,(H,26,28)(H,29,33)/t21-/m0/s1. The Kier molecular flexibility index (Phi) is 5.38. The Morgan fingerprint density at radius 2 is 1.82 bits per heavy atom. The Balaban J connectivity index is 1.14. The SMILES string of the molecule is O=C(Nc1ccc(-c2cnc3c(NC4CC4)nccn23)cc1)N1CCC[C@H]1CN1CCCC1. The molecule has 172 valence electrons. The first-order chi connectivity index (χ1) is 16.2. The Morgan fingerprint density at radius 1 is 1.00 bits per heavy atom. The number of amides is 2. The average molecular weight is 446 g/mol. The van der Waals surface area contributed by atoms with Gasteiger partial charge in [-0.1, -0.05) is 12.1 Å². The normalized spacial score (nSPS) is 21.1. The van der Waals surface area contributed by atoms with Crippen LogP contribution in [-0.2, 0) is 0 Å². The van der Waals surface area contributed by atoms with Crippen molar-refractivity contribution >= 4 is 23.2 Å². The minimum Gasteiger partial charge on any atom is -0.364 e. The minimum absolute atomic E-state index is 0.0149. The number of nitrogens with zero attached hydrogens (tertiary/aromatic N) is 5. The van der Waals surface area contributed by atoms with E-state index in [1.807, 2.05) is 47.8 Å². The first kappa shape index (κ1) is 20.5. The molecular formula is C25H31N7O. The number of urea groups is 1. The molecule has 1 aliphatic carbocycles. The van der Waals surface area contributed by atoms with Gasteiger partial charge in [-0.3, -0.25) is 4.40 Å². The van der Waals surface area contributed by atoms with Gasteiger partial charge < -0.3 is 20.4 Å². The van der Waals surface area contributed by atoms with E-state index in [4.69, 9.17) is 0 Å². The van der Waals surface area contributed by atoms with Crippen LogP contribution in [0.5, 0.6) is 0 Å². The second kappa shape index (κ2) is 8.67. The van der Waals surface area contributed by atoms with Crippen LogP contribution in [0.25, 0.3) is 16.9 Å². The zero-order valence-corrected chi connectivity index (χ0v) is 18.9. The highest BCUT2D eigenvalue weighted by molar-refractivity contribution is 5.90. The molecule has 0 radical (unpaired) electrons. The molecular weight excluding hydrogens is 414 g/mol. The average Bonchev–Trinajstić information content (AvgIpc) is 3.23. The van der Waals surface area contributed by atoms with Crippen LogP contribution in [0.3, 0.4) is 0 Å². The van der Waals surface area contributed by atoms with Crippen molar-refractivity contribution in [1.29, 1.82) is 0 Å². The highest BCUT2D eigenvalue weighted by Crippen LogP contribution is 2.29. The van der Waals surface area contributed by atoms with Gasteiger partial charge in [-0.25, -0.2) is 14.8 Å². The number of carbonyl (C=O) groups excluding carboxylic acids is 1. The van der Waals surface area contributed by atoms with Crippen molar-refractivity contribution in [3.8, 4) is 11.3 Å². The van der Waals surface area contributed by atoms with Gasteiger partial charge in [0.1, 0.15) is 0 Å². The van der Waals surface area contributed by atoms with Crippen LogP contribution < -0.4 is 10.6 Å². The van der Waals surface area contributed by atoms with E-state index in [-0.39, 0.29) is 6.03 Å². The third-order valence-corrected chi connectivity index (χ3v) is 7.08. The molecule has 1 aromatic carbocycles. The maximum absolute atomic E-state index is 13.0. The van der Waals surface area contributed by atoms with E-state index in [1.165, 1.54) is 38.8 Å². The van der Waals surface area contributed by atoms with E-state index in [9.17, 15) is 4.79 Å². The molecule has 2 N–H and O–H groups in total. The van der Waals surface area contributed by atoms with E-state index in [2.05, 4.69) is 29.9 Å². The zero-order valence-electron chi connectivity index (χ0n) is 18.9. The summed E-state index contributed by atoms with van der Waals surface area (Å²) in [6, 6.07) is 8.90. The third kappa shape index (κ3) is 4.27. The fourth-order valence-electron chi connectivity index (χ4n) is 5.13. The molecule has 3 aliphatic rings. The van der Waals surface area contributed by atoms with Gasteiger partial charge in [0, 0.05) is 48.8 Å². The van der Waals surface area contributed by atoms with Gasteiger partial charge in [-0.05, 0) is 63.7 Å². The first-order valence-corrected chi connectivity index (χ1v) is 12.2. The quantitative estimate of drug-likeness (QED) is 0.598. The number of imidazole rings is 1. The van der Waals surface area contributed by atoms with Crippen molar-refractivity contribution in [2.24, 2.45) is 0 Å². The van der Waals surface area contributed by atoms with E-state index in [0.29, 0.717) is 12.1 Å². The highest BCUT2D eigenvalue weighted by atomic mass is 16.2. The van der Waals surface area contributed by atoms with Gasteiger partial charge in [0.05, 0.1) is 11.9 Å². The molecule has 3 fully saturated rings. The number of anilines is 2. The van der Waals surface area contributed by atoms with Crippen molar-refractivity contribution < 1.29 is 4.79 Å². The van der Waals surface area contributed by atoms with Crippen LogP contribution in [0.4, 0.5) is 16.3 Å². The molecule has 0 spiro atoms. The number of carbonyl (C=O) groups is 1. The number of nitrogens with one attached hydrogen (secondary N) is 2. The van der Waals surface area contributed by atoms with E-state index in [1.54, 1.807) is 0 Å². The number of hydrogen-bond acceptors (Lipinski definition) is 5. The molecule has 0 bridgehead atoms. The lowest BCUT2D eigenvalue weighted by atomic mass is 10.1. The number of rotatable bonds is 6. The molecule has 8 heteroatoms. The fraction of sp³-hybridized carbons (Fsp3) is 0.480. The summed E-state index contributed by atoms with van der Waals surface area (Å²) in [6.07, 6.45) is 12.8. The van der Waals surface area contributed by atoms with Crippen LogP contribution in [0.2, 0.25) is 0 Å². The summed E-state index contributed by atoms with van der Waals surface area (Å²) < 4.78 is 2.07. The van der Waals surface area contributed by atoms with Gasteiger partial charge in [0.25, 0.3) is 0 Å². The molecule has 2 amide bonds. The van der Waals surface area contributed by atoms with E-state index < -0.39 is 0 Å². The van der Waals surface area contributed by atoms with Crippen molar-refractivity contribution in [2.75, 3.05) is 36.8 Å². The second-order valence-corrected chi connectivity index (χ2v) is 9.54. The summed E-state index contributed by atoms with van der Waals surface area (Å²) in [5.74, 6) is 0.837. The van der Waals surface area contributed by atoms with Gasteiger partial charge in [-0.2, -0.15) is 0 Å². The van der Waals surface area contributed by atoms with E-state index >= 15 is 0 Å². The van der Waals surface area contributed by atoms with Crippen molar-refractivity contribution in [3.63, 3.8) is 0 Å². The predicted octanol–water partition coefficient (Wildman–Crippen LogP) is 4.06. The number of likely N-dealkylation sites (tertiary alicyclic amines) is 2.